The number of hydrogen-bond donors (Lipinski definition) is 0. The second-order valence-electron chi connectivity index (χ2n) is 6.88. The van der Waals surface area contributed by atoms with Gasteiger partial charge in [0.25, 0.3) is 0 Å². The average molecular weight is 349 g/mol. The van der Waals surface area contributed by atoms with Gasteiger partial charge in [0.1, 0.15) is 11.6 Å². The van der Waals surface area contributed by atoms with E-state index in [0.717, 1.165) is 23.7 Å². The molecule has 3 nitrogen and oxygen atoms in total. The summed E-state index contributed by atoms with van der Waals surface area (Å²) in [6.07, 6.45) is 4.65. The largest absolute Gasteiger partial charge is 0.278 e. The van der Waals surface area contributed by atoms with E-state index in [-0.39, 0.29) is 0 Å². The molecule has 3 heterocycles. The van der Waals surface area contributed by atoms with E-state index in [0.29, 0.717) is 0 Å². The summed E-state index contributed by atoms with van der Waals surface area (Å²) in [4.78, 5) is 11.7. The fourth-order valence-electron chi connectivity index (χ4n) is 3.79. The van der Waals surface area contributed by atoms with Crippen molar-refractivity contribution in [1.29, 1.82) is 0 Å². The van der Waals surface area contributed by atoms with Crippen LogP contribution in [0.2, 0.25) is 0 Å². The van der Waals surface area contributed by atoms with Gasteiger partial charge in [0.15, 0.2) is 0 Å². The fourth-order valence-corrected chi connectivity index (χ4v) is 3.79. The van der Waals surface area contributed by atoms with Gasteiger partial charge in [0, 0.05) is 29.9 Å². The van der Waals surface area contributed by atoms with Crippen LogP contribution in [0.15, 0.2) is 85.2 Å². The molecule has 0 bridgehead atoms. The average Bonchev–Trinajstić information content (AvgIpc) is 2.72. The van der Waals surface area contributed by atoms with Gasteiger partial charge < -0.3 is 0 Å². The molecule has 5 rings (SSSR count). The van der Waals surface area contributed by atoms with Gasteiger partial charge in [-0.25, -0.2) is 9.97 Å². The molecule has 3 heteroatoms. The number of aryl methyl sites for hydroxylation is 1. The third-order valence-electron chi connectivity index (χ3n) is 4.98. The normalized spacial score (nSPS) is 12.4. The molecule has 0 N–H and O–H groups in total. The maximum Gasteiger partial charge on any atom is 0.142 e. The molecule has 0 fully saturated rings. The summed E-state index contributed by atoms with van der Waals surface area (Å²) in [5, 5.41) is 0. The minimum Gasteiger partial charge on any atom is -0.278 e. The molecule has 0 amide bonds. The van der Waals surface area contributed by atoms with Crippen LogP contribution >= 0.6 is 0 Å². The zero-order valence-corrected chi connectivity index (χ0v) is 15.1. The number of anilines is 3. The molecule has 0 saturated carbocycles. The SMILES string of the molecule is Cc1cnc2c(c1)Cc1cccnc1N2c1ccccc1-c1ccccc1. The second-order valence-corrected chi connectivity index (χ2v) is 6.88. The zero-order valence-electron chi connectivity index (χ0n) is 15.1. The molecule has 130 valence electrons. The van der Waals surface area contributed by atoms with Crippen LogP contribution < -0.4 is 4.90 Å². The summed E-state index contributed by atoms with van der Waals surface area (Å²) in [6.45, 7) is 2.09. The molecule has 0 atom stereocenters. The summed E-state index contributed by atoms with van der Waals surface area (Å²) in [5.74, 6) is 1.93. The Kier molecular flexibility index (Phi) is 3.72. The lowest BCUT2D eigenvalue weighted by molar-refractivity contribution is 0.994. The van der Waals surface area contributed by atoms with Crippen molar-refractivity contribution in [1.82, 2.24) is 9.97 Å². The topological polar surface area (TPSA) is 29.0 Å². The molecule has 1 aliphatic heterocycles. The standard InChI is InChI=1S/C24H19N3/c1-17-14-20-15-19-10-7-13-25-23(19)27(24(20)26-16-17)22-12-6-5-11-21(22)18-8-3-2-4-9-18/h2-14,16H,15H2,1H3. The molecule has 2 aromatic carbocycles. The van der Waals surface area contributed by atoms with Crippen LogP contribution in [-0.4, -0.2) is 9.97 Å². The van der Waals surface area contributed by atoms with Gasteiger partial charge in [-0.2, -0.15) is 0 Å². The lowest BCUT2D eigenvalue weighted by atomic mass is 9.97. The Morgan fingerprint density at radius 3 is 2.44 bits per heavy atom. The van der Waals surface area contributed by atoms with Gasteiger partial charge in [-0.15, -0.1) is 0 Å². The summed E-state index contributed by atoms with van der Waals surface area (Å²) >= 11 is 0. The van der Waals surface area contributed by atoms with Crippen molar-refractivity contribution >= 4 is 17.3 Å². The Hall–Kier alpha value is -3.46. The smallest absolute Gasteiger partial charge is 0.142 e. The van der Waals surface area contributed by atoms with Gasteiger partial charge in [-0.05, 0) is 35.7 Å². The number of para-hydroxylation sites is 1. The molecule has 0 spiro atoms. The van der Waals surface area contributed by atoms with Gasteiger partial charge in [0.2, 0.25) is 0 Å². The Morgan fingerprint density at radius 1 is 0.778 bits per heavy atom. The highest BCUT2D eigenvalue weighted by Gasteiger charge is 2.27. The van der Waals surface area contributed by atoms with Crippen molar-refractivity contribution in [3.05, 3.63) is 102 Å². The second kappa shape index (κ2) is 6.36. The minimum atomic E-state index is 0.858. The van der Waals surface area contributed by atoms with Crippen LogP contribution in [0.4, 0.5) is 17.3 Å². The summed E-state index contributed by atoms with van der Waals surface area (Å²) in [5.41, 5.74) is 7.09. The highest BCUT2D eigenvalue weighted by molar-refractivity contribution is 5.88. The molecular weight excluding hydrogens is 330 g/mol. The Bertz CT molecular complexity index is 1120. The summed E-state index contributed by atoms with van der Waals surface area (Å²) < 4.78 is 0. The lowest BCUT2D eigenvalue weighted by Gasteiger charge is -2.32. The van der Waals surface area contributed by atoms with Crippen molar-refractivity contribution in [2.24, 2.45) is 0 Å². The summed E-state index contributed by atoms with van der Waals surface area (Å²) in [7, 11) is 0. The third-order valence-corrected chi connectivity index (χ3v) is 4.98. The number of fused-ring (bicyclic) bond motifs is 2. The third kappa shape index (κ3) is 2.68. The highest BCUT2D eigenvalue weighted by Crippen LogP contribution is 2.44. The number of rotatable bonds is 2. The minimum absolute atomic E-state index is 0.858. The van der Waals surface area contributed by atoms with Crippen molar-refractivity contribution in [3.63, 3.8) is 0 Å². The van der Waals surface area contributed by atoms with E-state index < -0.39 is 0 Å². The number of aromatic nitrogens is 2. The van der Waals surface area contributed by atoms with E-state index >= 15 is 0 Å². The van der Waals surface area contributed by atoms with Gasteiger partial charge in [-0.3, -0.25) is 4.90 Å². The van der Waals surface area contributed by atoms with Gasteiger partial charge in [0.05, 0.1) is 5.69 Å². The number of hydrogen-bond acceptors (Lipinski definition) is 3. The fraction of sp³-hybridized carbons (Fsp3) is 0.0833. The van der Waals surface area contributed by atoms with E-state index in [9.17, 15) is 0 Å². The predicted octanol–water partition coefficient (Wildman–Crippen LogP) is 5.83. The molecular formula is C24H19N3. The van der Waals surface area contributed by atoms with Gasteiger partial charge >= 0.3 is 0 Å². The summed E-state index contributed by atoms with van der Waals surface area (Å²) in [6, 6.07) is 25.4. The molecule has 2 aromatic heterocycles. The Labute approximate surface area is 159 Å². The van der Waals surface area contributed by atoms with E-state index in [1.54, 1.807) is 0 Å². The molecule has 0 saturated heterocycles. The Balaban J connectivity index is 1.78. The maximum absolute atomic E-state index is 4.80. The van der Waals surface area contributed by atoms with Crippen LogP contribution in [-0.2, 0) is 6.42 Å². The molecule has 4 aromatic rings. The number of pyridine rings is 2. The first-order valence-corrected chi connectivity index (χ1v) is 9.15. The van der Waals surface area contributed by atoms with Crippen LogP contribution in [0.1, 0.15) is 16.7 Å². The molecule has 0 unspecified atom stereocenters. The first-order valence-electron chi connectivity index (χ1n) is 9.15. The van der Waals surface area contributed by atoms with E-state index in [1.807, 2.05) is 24.5 Å². The number of nitrogens with zero attached hydrogens (tertiary/aromatic N) is 3. The maximum atomic E-state index is 4.80. The van der Waals surface area contributed by atoms with E-state index in [1.165, 1.54) is 27.8 Å². The predicted molar refractivity (Wildman–Crippen MR) is 110 cm³/mol. The highest BCUT2D eigenvalue weighted by atomic mass is 15.2. The molecule has 1 aliphatic rings. The van der Waals surface area contributed by atoms with E-state index in [2.05, 4.69) is 72.5 Å². The Morgan fingerprint density at radius 2 is 1.56 bits per heavy atom. The van der Waals surface area contributed by atoms with Crippen molar-refractivity contribution in [3.8, 4) is 11.1 Å². The van der Waals surface area contributed by atoms with E-state index in [4.69, 9.17) is 9.97 Å². The lowest BCUT2D eigenvalue weighted by Crippen LogP contribution is -2.21. The molecule has 27 heavy (non-hydrogen) atoms. The van der Waals surface area contributed by atoms with Crippen LogP contribution in [0, 0.1) is 6.92 Å². The quantitative estimate of drug-likeness (QED) is 0.402. The van der Waals surface area contributed by atoms with Crippen molar-refractivity contribution < 1.29 is 0 Å². The van der Waals surface area contributed by atoms with Gasteiger partial charge in [-0.1, -0.05) is 60.7 Å². The van der Waals surface area contributed by atoms with Crippen LogP contribution in [0.25, 0.3) is 11.1 Å². The monoisotopic (exact) mass is 349 g/mol. The first kappa shape index (κ1) is 15.8. The van der Waals surface area contributed by atoms with Crippen LogP contribution in [0.5, 0.6) is 0 Å². The zero-order chi connectivity index (χ0) is 18.2. The number of benzene rings is 2. The first-order chi connectivity index (χ1) is 13.3. The van der Waals surface area contributed by atoms with Crippen molar-refractivity contribution in [2.45, 2.75) is 13.3 Å². The van der Waals surface area contributed by atoms with Crippen LogP contribution in [0.3, 0.4) is 0 Å². The van der Waals surface area contributed by atoms with Crippen molar-refractivity contribution in [2.75, 3.05) is 4.90 Å². The molecule has 0 radical (unpaired) electrons. The molecule has 0 aliphatic carbocycles.